The molecule has 0 amide bonds. The van der Waals surface area contributed by atoms with Gasteiger partial charge in [0, 0.05) is 34.1 Å². The van der Waals surface area contributed by atoms with E-state index in [1.54, 1.807) is 0 Å². The van der Waals surface area contributed by atoms with Crippen LogP contribution in [0.2, 0.25) is 0 Å². The van der Waals surface area contributed by atoms with Crippen molar-refractivity contribution in [2.75, 3.05) is 49.4 Å². The molecular weight excluding hydrogens is 1200 g/mol. The van der Waals surface area contributed by atoms with Crippen molar-refractivity contribution in [3.8, 4) is 33.8 Å². The first-order valence-electron chi connectivity index (χ1n) is 33.9. The standard InChI is InChI=1S/C89H78F2N2O4/c1-7-13-82-78(8-2)80-50-44-74(52-84(80)88(82,64-24-16-60(5)17-25-64)66-28-46-76(47-29-66)96-58-86(9-3)54-94-55-86)92(72-40-32-68(90)33-41-72)70-36-20-62(21-37-70)63-22-38-71(39-23-63)93(73-42-34-69(91)35-43-73)75-45-51-81-79-14-11-12-15-83(79)89(85(81)53-75,65-26-18-61(6)19-27-65)67-30-48-77(49-31-67)97-59-87(10-4)56-95-57-87/h7-8,11-53H,2,9-10,54-59H2,1,3-6H3/b13-7-. The molecule has 0 saturated carbocycles. The highest BCUT2D eigenvalue weighted by Crippen LogP contribution is 2.59. The molecule has 2 atom stereocenters. The lowest BCUT2D eigenvalue weighted by atomic mass is 9.66. The monoisotopic (exact) mass is 1280 g/mol. The molecule has 0 spiro atoms. The van der Waals surface area contributed by atoms with Gasteiger partial charge < -0.3 is 28.7 Å². The van der Waals surface area contributed by atoms with Crippen LogP contribution < -0.4 is 19.3 Å². The Labute approximate surface area is 569 Å². The molecule has 4 aliphatic rings. The lowest BCUT2D eigenvalue weighted by Gasteiger charge is -2.40. The van der Waals surface area contributed by atoms with Crippen molar-refractivity contribution in [1.82, 2.24) is 0 Å². The molecule has 11 aromatic carbocycles. The van der Waals surface area contributed by atoms with E-state index in [9.17, 15) is 4.39 Å². The summed E-state index contributed by atoms with van der Waals surface area (Å²) in [5, 5.41) is 0. The molecule has 8 heteroatoms. The zero-order valence-corrected chi connectivity index (χ0v) is 55.6. The first-order valence-corrected chi connectivity index (χ1v) is 33.9. The summed E-state index contributed by atoms with van der Waals surface area (Å²) in [6, 6.07) is 88.2. The van der Waals surface area contributed by atoms with Crippen LogP contribution >= 0.6 is 0 Å². The Balaban J connectivity index is 0.795. The third kappa shape index (κ3) is 11.0. The van der Waals surface area contributed by atoms with Crippen molar-refractivity contribution < 1.29 is 27.7 Å². The number of aryl methyl sites for hydroxylation is 2. The van der Waals surface area contributed by atoms with Gasteiger partial charge in [-0.15, -0.1) is 0 Å². The molecule has 0 radical (unpaired) electrons. The molecule has 2 fully saturated rings. The average Bonchev–Trinajstić information content (AvgIpc) is 1.54. The van der Waals surface area contributed by atoms with E-state index in [1.165, 1.54) is 46.5 Å². The number of halogens is 2. The van der Waals surface area contributed by atoms with Crippen LogP contribution in [0.4, 0.5) is 42.9 Å². The number of hydrogen-bond donors (Lipinski definition) is 0. The Hall–Kier alpha value is -10.4. The summed E-state index contributed by atoms with van der Waals surface area (Å²) in [4.78, 5) is 4.43. The largest absolute Gasteiger partial charge is 0.493 e. The first-order chi connectivity index (χ1) is 47.4. The molecule has 2 heterocycles. The predicted octanol–water partition coefficient (Wildman–Crippen LogP) is 22.0. The summed E-state index contributed by atoms with van der Waals surface area (Å²) in [7, 11) is 0. The van der Waals surface area contributed by atoms with Gasteiger partial charge in [-0.2, -0.15) is 0 Å². The maximum Gasteiger partial charge on any atom is 0.123 e. The molecule has 97 heavy (non-hydrogen) atoms. The molecule has 11 aromatic rings. The lowest BCUT2D eigenvalue weighted by molar-refractivity contribution is -0.133. The zero-order valence-electron chi connectivity index (χ0n) is 55.6. The van der Waals surface area contributed by atoms with E-state index in [-0.39, 0.29) is 22.5 Å². The van der Waals surface area contributed by atoms with Crippen molar-refractivity contribution in [2.24, 2.45) is 10.8 Å². The highest BCUT2D eigenvalue weighted by atomic mass is 19.1. The molecule has 0 aromatic heterocycles. The number of ether oxygens (including phenoxy) is 4. The SMILES string of the molecule is C=CC1=C(/C=C\C)C(c2ccc(C)cc2)(c2ccc(OCC3(CC)COC3)cc2)c2cc(N(c3ccc(F)cc3)c3ccc(-c4ccc(N(c5ccc(F)cc5)c5ccc6c(c5)C(c5ccc(C)cc5)(c5ccc(OCC7(CC)COC7)cc5)c5ccccc5-6)cc4)cc3)ccc21. The third-order valence-electron chi connectivity index (χ3n) is 21.0. The second-order valence-electron chi connectivity index (χ2n) is 26.8. The maximum atomic E-state index is 15.0. The van der Waals surface area contributed by atoms with E-state index in [2.05, 4.69) is 269 Å². The van der Waals surface area contributed by atoms with Crippen molar-refractivity contribution >= 4 is 39.7 Å². The number of hydrogen-bond acceptors (Lipinski definition) is 6. The Bertz CT molecular complexity index is 4750. The van der Waals surface area contributed by atoms with Crippen LogP contribution in [0, 0.1) is 36.3 Å². The Morgan fingerprint density at radius 2 is 0.794 bits per heavy atom. The predicted molar refractivity (Wildman–Crippen MR) is 391 cm³/mol. The van der Waals surface area contributed by atoms with Gasteiger partial charge in [-0.25, -0.2) is 8.78 Å². The first kappa shape index (κ1) is 62.7. The second-order valence-corrected chi connectivity index (χ2v) is 26.8. The third-order valence-corrected chi connectivity index (χ3v) is 21.0. The average molecular weight is 1280 g/mol. The van der Waals surface area contributed by atoms with E-state index >= 15 is 4.39 Å². The topological polar surface area (TPSA) is 43.4 Å². The van der Waals surface area contributed by atoms with Crippen molar-refractivity contribution in [3.05, 3.63) is 352 Å². The van der Waals surface area contributed by atoms with Gasteiger partial charge in [0.25, 0.3) is 0 Å². The molecule has 2 unspecified atom stereocenters. The van der Waals surface area contributed by atoms with E-state index in [0.717, 1.165) is 138 Å². The summed E-state index contributed by atoms with van der Waals surface area (Å²) in [6.07, 6.45) is 8.34. The Morgan fingerprint density at radius 3 is 1.20 bits per heavy atom. The van der Waals surface area contributed by atoms with E-state index in [0.29, 0.717) is 26.4 Å². The minimum absolute atomic E-state index is 0.0384. The summed E-state index contributed by atoms with van der Waals surface area (Å²) >= 11 is 0. The van der Waals surface area contributed by atoms with E-state index < -0.39 is 10.8 Å². The second kappa shape index (κ2) is 25.6. The normalized spacial score (nSPS) is 17.8. The summed E-state index contributed by atoms with van der Waals surface area (Å²) in [5.41, 5.74) is 21.9. The van der Waals surface area contributed by atoms with Crippen LogP contribution in [0.3, 0.4) is 0 Å². The minimum atomic E-state index is -0.762. The lowest BCUT2D eigenvalue weighted by Crippen LogP contribution is -2.46. The van der Waals surface area contributed by atoms with Gasteiger partial charge in [-0.05, 0) is 233 Å². The zero-order chi connectivity index (χ0) is 66.5. The van der Waals surface area contributed by atoms with Gasteiger partial charge in [-0.1, -0.05) is 183 Å². The number of fused-ring (bicyclic) bond motifs is 4. The summed E-state index contributed by atoms with van der Waals surface area (Å²) in [6.45, 7) is 19.2. The van der Waals surface area contributed by atoms with Crippen LogP contribution in [-0.2, 0) is 20.3 Å². The molecule has 2 saturated heterocycles. The smallest absolute Gasteiger partial charge is 0.123 e. The Kier molecular flexibility index (Phi) is 16.6. The molecule has 2 aliphatic heterocycles. The van der Waals surface area contributed by atoms with Gasteiger partial charge in [-0.3, -0.25) is 0 Å². The minimum Gasteiger partial charge on any atom is -0.493 e. The fourth-order valence-electron chi connectivity index (χ4n) is 15.2. The van der Waals surface area contributed by atoms with Crippen LogP contribution in [0.5, 0.6) is 11.5 Å². The fraction of sp³-hybridized carbons (Fsp3) is 0.191. The van der Waals surface area contributed by atoms with Gasteiger partial charge in [0.05, 0.1) is 61.3 Å². The van der Waals surface area contributed by atoms with E-state index in [1.807, 2.05) is 30.3 Å². The number of nitrogens with zero attached hydrogens (tertiary/aromatic N) is 2. The number of anilines is 6. The molecule has 2 aliphatic carbocycles. The van der Waals surface area contributed by atoms with Crippen LogP contribution in [0.25, 0.3) is 27.8 Å². The van der Waals surface area contributed by atoms with Crippen molar-refractivity contribution in [1.29, 1.82) is 0 Å². The quantitative estimate of drug-likeness (QED) is 0.0714. The maximum absolute atomic E-state index is 15.0. The number of allylic oxidation sites excluding steroid dienone is 5. The van der Waals surface area contributed by atoms with Gasteiger partial charge in [0.1, 0.15) is 23.1 Å². The molecular formula is C89H78F2N2O4. The van der Waals surface area contributed by atoms with Crippen molar-refractivity contribution in [3.63, 3.8) is 0 Å². The highest BCUT2D eigenvalue weighted by molar-refractivity contribution is 5.94. The number of rotatable bonds is 21. The highest BCUT2D eigenvalue weighted by Gasteiger charge is 2.49. The van der Waals surface area contributed by atoms with Crippen LogP contribution in [0.15, 0.2) is 285 Å². The van der Waals surface area contributed by atoms with Crippen LogP contribution in [0.1, 0.15) is 89.2 Å². The van der Waals surface area contributed by atoms with Gasteiger partial charge in [0.2, 0.25) is 0 Å². The molecule has 6 nitrogen and oxygen atoms in total. The molecule has 15 rings (SSSR count). The van der Waals surface area contributed by atoms with Gasteiger partial charge >= 0.3 is 0 Å². The van der Waals surface area contributed by atoms with Crippen molar-refractivity contribution in [2.45, 2.75) is 58.3 Å². The van der Waals surface area contributed by atoms with Crippen LogP contribution in [-0.4, -0.2) is 39.6 Å². The summed E-state index contributed by atoms with van der Waals surface area (Å²) in [5.74, 6) is 1.03. The molecule has 0 bridgehead atoms. The fourth-order valence-corrected chi connectivity index (χ4v) is 15.2. The van der Waals surface area contributed by atoms with Gasteiger partial charge in [0.15, 0.2) is 0 Å². The Morgan fingerprint density at radius 1 is 0.423 bits per heavy atom. The number of benzene rings is 11. The van der Waals surface area contributed by atoms with E-state index in [4.69, 9.17) is 18.9 Å². The molecule has 482 valence electrons. The molecule has 0 N–H and O–H groups in total. The summed E-state index contributed by atoms with van der Waals surface area (Å²) < 4.78 is 54.3.